The van der Waals surface area contributed by atoms with E-state index in [1.807, 2.05) is 17.0 Å². The summed E-state index contributed by atoms with van der Waals surface area (Å²) < 4.78 is 12.9. The molecule has 0 saturated carbocycles. The van der Waals surface area contributed by atoms with Crippen LogP contribution in [0.15, 0.2) is 48.5 Å². The predicted molar refractivity (Wildman–Crippen MR) is 111 cm³/mol. The van der Waals surface area contributed by atoms with Gasteiger partial charge in [-0.3, -0.25) is 19.3 Å². The maximum absolute atomic E-state index is 12.9. The molecule has 0 radical (unpaired) electrons. The molecule has 1 saturated heterocycles. The van der Waals surface area contributed by atoms with Gasteiger partial charge in [0, 0.05) is 50.9 Å². The molecule has 0 unspecified atom stereocenters. The first-order chi connectivity index (χ1) is 14.4. The van der Waals surface area contributed by atoms with Gasteiger partial charge in [0.15, 0.2) is 0 Å². The number of amides is 3. The van der Waals surface area contributed by atoms with E-state index >= 15 is 0 Å². The smallest absolute Gasteiger partial charge is 0.253 e. The summed E-state index contributed by atoms with van der Waals surface area (Å²) in [7, 11) is 0. The lowest BCUT2D eigenvalue weighted by molar-refractivity contribution is -0.119. The van der Waals surface area contributed by atoms with Crippen LogP contribution in [-0.4, -0.2) is 60.2 Å². The number of rotatable bonds is 6. The van der Waals surface area contributed by atoms with Crippen LogP contribution in [0.3, 0.4) is 0 Å². The Balaban J connectivity index is 1.45. The number of nitrogens with one attached hydrogen (secondary N) is 2. The van der Waals surface area contributed by atoms with Gasteiger partial charge in [0.2, 0.25) is 11.8 Å². The van der Waals surface area contributed by atoms with Crippen molar-refractivity contribution in [3.8, 4) is 0 Å². The quantitative estimate of drug-likeness (QED) is 0.759. The number of hydrogen-bond donors (Lipinski definition) is 2. The van der Waals surface area contributed by atoms with E-state index < -0.39 is 0 Å². The second kappa shape index (κ2) is 9.98. The van der Waals surface area contributed by atoms with E-state index in [4.69, 9.17) is 0 Å². The topological polar surface area (TPSA) is 81.8 Å². The Labute approximate surface area is 174 Å². The van der Waals surface area contributed by atoms with E-state index in [-0.39, 0.29) is 30.1 Å². The molecule has 1 fully saturated rings. The molecule has 2 aromatic carbocycles. The van der Waals surface area contributed by atoms with Crippen LogP contribution in [0, 0.1) is 5.82 Å². The summed E-state index contributed by atoms with van der Waals surface area (Å²) in [5.74, 6) is -0.664. The Hall–Kier alpha value is -3.26. The molecule has 2 N–H and O–H groups in total. The van der Waals surface area contributed by atoms with Gasteiger partial charge in [0.05, 0.1) is 6.54 Å². The van der Waals surface area contributed by atoms with Crippen LogP contribution < -0.4 is 10.6 Å². The summed E-state index contributed by atoms with van der Waals surface area (Å²) in [6.07, 6.45) is 0. The summed E-state index contributed by atoms with van der Waals surface area (Å²) >= 11 is 0. The van der Waals surface area contributed by atoms with Crippen molar-refractivity contribution in [3.05, 3.63) is 65.5 Å². The zero-order valence-electron chi connectivity index (χ0n) is 16.9. The highest BCUT2D eigenvalue weighted by Crippen LogP contribution is 2.12. The number of benzene rings is 2. The molecule has 0 bridgehead atoms. The number of carbonyl (C=O) groups is 3. The molecule has 1 aliphatic heterocycles. The maximum Gasteiger partial charge on any atom is 0.253 e. The van der Waals surface area contributed by atoms with Crippen molar-refractivity contribution in [2.75, 3.05) is 38.0 Å². The third-order valence-corrected chi connectivity index (χ3v) is 4.90. The van der Waals surface area contributed by atoms with Crippen molar-refractivity contribution >= 4 is 23.4 Å². The minimum Gasteiger partial charge on any atom is -0.352 e. The number of carbonyl (C=O) groups excluding carboxylic acids is 3. The van der Waals surface area contributed by atoms with Gasteiger partial charge in [0.1, 0.15) is 5.82 Å². The van der Waals surface area contributed by atoms with Crippen LogP contribution in [0.5, 0.6) is 0 Å². The van der Waals surface area contributed by atoms with Gasteiger partial charge >= 0.3 is 0 Å². The molecular formula is C22H25FN4O3. The highest BCUT2D eigenvalue weighted by molar-refractivity contribution is 5.94. The highest BCUT2D eigenvalue weighted by Gasteiger charge is 2.23. The van der Waals surface area contributed by atoms with Gasteiger partial charge < -0.3 is 15.5 Å². The summed E-state index contributed by atoms with van der Waals surface area (Å²) in [6, 6.07) is 12.8. The zero-order valence-corrected chi connectivity index (χ0v) is 16.9. The minimum absolute atomic E-state index is 0.0449. The normalized spacial score (nSPS) is 14.3. The number of nitrogens with zero attached hydrogens (tertiary/aromatic N) is 2. The molecule has 0 aliphatic carbocycles. The third-order valence-electron chi connectivity index (χ3n) is 4.90. The van der Waals surface area contributed by atoms with Crippen molar-refractivity contribution in [2.45, 2.75) is 13.5 Å². The summed E-state index contributed by atoms with van der Waals surface area (Å²) in [5, 5.41) is 5.47. The number of hydrogen-bond acceptors (Lipinski definition) is 4. The predicted octanol–water partition coefficient (Wildman–Crippen LogP) is 1.86. The lowest BCUT2D eigenvalue weighted by Crippen LogP contribution is -2.50. The number of halogens is 1. The number of anilines is 1. The van der Waals surface area contributed by atoms with E-state index in [0.29, 0.717) is 44.0 Å². The van der Waals surface area contributed by atoms with Gasteiger partial charge in [0.25, 0.3) is 5.91 Å². The van der Waals surface area contributed by atoms with Crippen LogP contribution in [0.25, 0.3) is 0 Å². The standard InChI is InChI=1S/C22H25FN4O3/c1-16(28)24-14-17-2-4-18(5-3-17)22(30)27-12-10-26(11-13-27)15-21(29)25-20-8-6-19(23)7-9-20/h2-9H,10-15H2,1H3,(H,24,28)(H,25,29). The molecule has 0 atom stereocenters. The van der Waals surface area contributed by atoms with Gasteiger partial charge in [-0.25, -0.2) is 4.39 Å². The molecule has 8 heteroatoms. The molecule has 0 aromatic heterocycles. The first-order valence-corrected chi connectivity index (χ1v) is 9.81. The Bertz CT molecular complexity index is 892. The van der Waals surface area contributed by atoms with Crippen molar-refractivity contribution in [2.24, 2.45) is 0 Å². The van der Waals surface area contributed by atoms with Crippen molar-refractivity contribution < 1.29 is 18.8 Å². The summed E-state index contributed by atoms with van der Waals surface area (Å²) in [4.78, 5) is 39.6. The third kappa shape index (κ3) is 6.12. The molecule has 158 valence electrons. The highest BCUT2D eigenvalue weighted by atomic mass is 19.1. The van der Waals surface area contributed by atoms with E-state index in [9.17, 15) is 18.8 Å². The molecule has 2 aromatic rings. The van der Waals surface area contributed by atoms with Crippen LogP contribution in [0.2, 0.25) is 0 Å². The Morgan fingerprint density at radius 1 is 0.933 bits per heavy atom. The van der Waals surface area contributed by atoms with E-state index in [1.54, 1.807) is 17.0 Å². The fourth-order valence-corrected chi connectivity index (χ4v) is 3.22. The van der Waals surface area contributed by atoms with Gasteiger partial charge in [-0.05, 0) is 42.0 Å². The molecule has 1 heterocycles. The molecular weight excluding hydrogens is 387 g/mol. The SMILES string of the molecule is CC(=O)NCc1ccc(C(=O)N2CCN(CC(=O)Nc3ccc(F)cc3)CC2)cc1. The first-order valence-electron chi connectivity index (χ1n) is 9.81. The van der Waals surface area contributed by atoms with E-state index in [1.165, 1.54) is 31.2 Å². The Morgan fingerprint density at radius 2 is 1.57 bits per heavy atom. The summed E-state index contributed by atoms with van der Waals surface area (Å²) in [6.45, 7) is 4.39. The first kappa shape index (κ1) is 21.4. The Morgan fingerprint density at radius 3 is 2.17 bits per heavy atom. The van der Waals surface area contributed by atoms with Crippen LogP contribution in [-0.2, 0) is 16.1 Å². The Kier molecular flexibility index (Phi) is 7.13. The average Bonchev–Trinajstić information content (AvgIpc) is 2.74. The largest absolute Gasteiger partial charge is 0.352 e. The second-order valence-corrected chi connectivity index (χ2v) is 7.23. The molecule has 3 rings (SSSR count). The van der Waals surface area contributed by atoms with Crippen molar-refractivity contribution in [1.82, 2.24) is 15.1 Å². The molecule has 1 aliphatic rings. The molecule has 30 heavy (non-hydrogen) atoms. The monoisotopic (exact) mass is 412 g/mol. The van der Waals surface area contributed by atoms with Gasteiger partial charge in [-0.1, -0.05) is 12.1 Å². The second-order valence-electron chi connectivity index (χ2n) is 7.23. The van der Waals surface area contributed by atoms with Gasteiger partial charge in [-0.15, -0.1) is 0 Å². The fraction of sp³-hybridized carbons (Fsp3) is 0.318. The van der Waals surface area contributed by atoms with Crippen LogP contribution in [0.4, 0.5) is 10.1 Å². The molecule has 7 nitrogen and oxygen atoms in total. The number of piperazine rings is 1. The summed E-state index contributed by atoms with van der Waals surface area (Å²) in [5.41, 5.74) is 2.08. The lowest BCUT2D eigenvalue weighted by Gasteiger charge is -2.34. The van der Waals surface area contributed by atoms with Crippen molar-refractivity contribution in [3.63, 3.8) is 0 Å². The fourth-order valence-electron chi connectivity index (χ4n) is 3.22. The molecule has 3 amide bonds. The minimum atomic E-state index is -0.351. The van der Waals surface area contributed by atoms with E-state index in [2.05, 4.69) is 10.6 Å². The zero-order chi connectivity index (χ0) is 21.5. The van der Waals surface area contributed by atoms with Gasteiger partial charge in [-0.2, -0.15) is 0 Å². The van der Waals surface area contributed by atoms with Crippen LogP contribution in [0.1, 0.15) is 22.8 Å². The average molecular weight is 412 g/mol. The van der Waals surface area contributed by atoms with Crippen molar-refractivity contribution in [1.29, 1.82) is 0 Å². The maximum atomic E-state index is 12.9. The van der Waals surface area contributed by atoms with Crippen LogP contribution >= 0.6 is 0 Å². The lowest BCUT2D eigenvalue weighted by atomic mass is 10.1. The van der Waals surface area contributed by atoms with E-state index in [0.717, 1.165) is 5.56 Å². The molecule has 0 spiro atoms.